The molecule has 0 unspecified atom stereocenters. The Kier molecular flexibility index (Phi) is 6.71. The van der Waals surface area contributed by atoms with Crippen LogP contribution in [0.1, 0.15) is 24.2 Å². The molecule has 0 aliphatic rings. The molecule has 140 valence electrons. The largest absolute Gasteiger partial charge is 0.493 e. The van der Waals surface area contributed by atoms with Crippen LogP contribution < -0.4 is 4.74 Å². The second-order valence-electron chi connectivity index (χ2n) is 6.13. The summed E-state index contributed by atoms with van der Waals surface area (Å²) in [6, 6.07) is 7.82. The standard InChI is InChI=1S/C18H24N4O4/c1-14-7-4-5-8-16(14)26-12-6-10-20(3)18(23)9-11-21-13-17(22(24)25)19-15(21)2/h4-5,7-8,13H,6,9-12H2,1-3H3. The normalized spacial score (nSPS) is 10.6. The lowest BCUT2D eigenvalue weighted by atomic mass is 10.2. The summed E-state index contributed by atoms with van der Waals surface area (Å²) < 4.78 is 7.35. The molecule has 1 heterocycles. The summed E-state index contributed by atoms with van der Waals surface area (Å²) in [5.41, 5.74) is 1.08. The fraction of sp³-hybridized carbons (Fsp3) is 0.444. The summed E-state index contributed by atoms with van der Waals surface area (Å²) in [5, 5.41) is 10.7. The van der Waals surface area contributed by atoms with Crippen LogP contribution >= 0.6 is 0 Å². The van der Waals surface area contributed by atoms with E-state index >= 15 is 0 Å². The van der Waals surface area contributed by atoms with Gasteiger partial charge in [0.15, 0.2) is 0 Å². The summed E-state index contributed by atoms with van der Waals surface area (Å²) >= 11 is 0. The van der Waals surface area contributed by atoms with Gasteiger partial charge in [-0.1, -0.05) is 18.2 Å². The number of nitrogens with zero attached hydrogens (tertiary/aromatic N) is 4. The van der Waals surface area contributed by atoms with Gasteiger partial charge in [0.25, 0.3) is 0 Å². The van der Waals surface area contributed by atoms with Crippen LogP contribution in [0.25, 0.3) is 0 Å². The lowest BCUT2D eigenvalue weighted by Gasteiger charge is -2.17. The molecule has 0 saturated carbocycles. The van der Waals surface area contributed by atoms with Gasteiger partial charge < -0.3 is 24.3 Å². The highest BCUT2D eigenvalue weighted by Gasteiger charge is 2.16. The molecule has 0 aliphatic heterocycles. The Bertz CT molecular complexity index is 772. The summed E-state index contributed by atoms with van der Waals surface area (Å²) in [7, 11) is 1.75. The molecule has 0 saturated heterocycles. The molecule has 0 atom stereocenters. The van der Waals surface area contributed by atoms with E-state index in [1.165, 1.54) is 6.20 Å². The number of ether oxygens (including phenoxy) is 1. The average molecular weight is 360 g/mol. The van der Waals surface area contributed by atoms with E-state index in [1.54, 1.807) is 23.4 Å². The first-order valence-electron chi connectivity index (χ1n) is 8.49. The van der Waals surface area contributed by atoms with Crippen LogP contribution in [0.4, 0.5) is 5.82 Å². The number of para-hydroxylation sites is 1. The minimum absolute atomic E-state index is 0.0170. The van der Waals surface area contributed by atoms with Crippen molar-refractivity contribution < 1.29 is 14.5 Å². The third-order valence-corrected chi connectivity index (χ3v) is 4.13. The maximum Gasteiger partial charge on any atom is 0.381 e. The van der Waals surface area contributed by atoms with Crippen LogP contribution in [-0.4, -0.2) is 45.5 Å². The number of amides is 1. The van der Waals surface area contributed by atoms with Crippen molar-refractivity contribution in [1.82, 2.24) is 14.5 Å². The van der Waals surface area contributed by atoms with Crippen LogP contribution in [0.3, 0.4) is 0 Å². The SMILES string of the molecule is Cc1ccccc1OCCCN(C)C(=O)CCn1cc([N+](=O)[O-])nc1C. The number of hydrogen-bond donors (Lipinski definition) is 0. The van der Waals surface area contributed by atoms with E-state index in [0.29, 0.717) is 25.5 Å². The number of aryl methyl sites for hydroxylation is 3. The van der Waals surface area contributed by atoms with Crippen LogP contribution in [0.5, 0.6) is 5.75 Å². The predicted molar refractivity (Wildman–Crippen MR) is 97.2 cm³/mol. The Balaban J connectivity index is 1.72. The lowest BCUT2D eigenvalue weighted by molar-refractivity contribution is -0.389. The molecule has 1 amide bonds. The molecule has 0 bridgehead atoms. The summed E-state index contributed by atoms with van der Waals surface area (Å²) in [5.74, 6) is 1.17. The highest BCUT2D eigenvalue weighted by molar-refractivity contribution is 5.75. The van der Waals surface area contributed by atoms with Gasteiger partial charge in [0.05, 0.1) is 6.61 Å². The van der Waals surface area contributed by atoms with Crippen molar-refractivity contribution in [2.45, 2.75) is 33.2 Å². The lowest BCUT2D eigenvalue weighted by Crippen LogP contribution is -2.29. The van der Waals surface area contributed by atoms with E-state index < -0.39 is 4.92 Å². The monoisotopic (exact) mass is 360 g/mol. The smallest absolute Gasteiger partial charge is 0.381 e. The van der Waals surface area contributed by atoms with E-state index in [4.69, 9.17) is 4.74 Å². The third kappa shape index (κ3) is 5.30. The van der Waals surface area contributed by atoms with Gasteiger partial charge >= 0.3 is 5.82 Å². The van der Waals surface area contributed by atoms with Gasteiger partial charge in [-0.15, -0.1) is 0 Å². The van der Waals surface area contributed by atoms with Crippen LogP contribution in [-0.2, 0) is 11.3 Å². The first kappa shape index (κ1) is 19.4. The minimum Gasteiger partial charge on any atom is -0.493 e. The summed E-state index contributed by atoms with van der Waals surface area (Å²) in [6.07, 6.45) is 2.36. The minimum atomic E-state index is -0.536. The number of benzene rings is 1. The molecular weight excluding hydrogens is 336 g/mol. The van der Waals surface area contributed by atoms with E-state index in [2.05, 4.69) is 4.98 Å². The van der Waals surface area contributed by atoms with Gasteiger partial charge in [0.1, 0.15) is 11.9 Å². The number of aromatic nitrogens is 2. The number of imidazole rings is 1. The average Bonchev–Trinajstić information content (AvgIpc) is 2.99. The molecule has 0 radical (unpaired) electrons. The maximum absolute atomic E-state index is 12.2. The molecule has 0 aliphatic carbocycles. The molecule has 2 rings (SSSR count). The van der Waals surface area contributed by atoms with E-state index in [-0.39, 0.29) is 18.1 Å². The molecule has 2 aromatic rings. The highest BCUT2D eigenvalue weighted by atomic mass is 16.6. The van der Waals surface area contributed by atoms with Gasteiger partial charge in [-0.2, -0.15) is 0 Å². The number of carbonyl (C=O) groups excluding carboxylic acids is 1. The molecule has 8 nitrogen and oxygen atoms in total. The van der Waals surface area contributed by atoms with Crippen molar-refractivity contribution >= 4 is 11.7 Å². The van der Waals surface area contributed by atoms with Crippen LogP contribution in [0.15, 0.2) is 30.5 Å². The molecule has 0 spiro atoms. The fourth-order valence-electron chi connectivity index (χ4n) is 2.54. The van der Waals surface area contributed by atoms with Crippen LogP contribution in [0, 0.1) is 24.0 Å². The zero-order valence-corrected chi connectivity index (χ0v) is 15.3. The second kappa shape index (κ2) is 8.98. The van der Waals surface area contributed by atoms with Gasteiger partial charge in [-0.25, -0.2) is 0 Å². The predicted octanol–water partition coefficient (Wildman–Crippen LogP) is 2.73. The van der Waals surface area contributed by atoms with Crippen molar-refractivity contribution in [2.24, 2.45) is 0 Å². The highest BCUT2D eigenvalue weighted by Crippen LogP contribution is 2.16. The number of rotatable bonds is 9. The quantitative estimate of drug-likeness (QED) is 0.390. The van der Waals surface area contributed by atoms with E-state index in [1.807, 2.05) is 31.2 Å². The molecule has 8 heteroatoms. The van der Waals surface area contributed by atoms with Gasteiger partial charge in [-0.05, 0) is 34.9 Å². The first-order chi connectivity index (χ1) is 12.4. The second-order valence-corrected chi connectivity index (χ2v) is 6.13. The topological polar surface area (TPSA) is 90.5 Å². The van der Waals surface area contributed by atoms with Crippen LogP contribution in [0.2, 0.25) is 0 Å². The molecule has 0 N–H and O–H groups in total. The Morgan fingerprint density at radius 3 is 2.73 bits per heavy atom. The van der Waals surface area contributed by atoms with Crippen molar-refractivity contribution in [3.8, 4) is 5.75 Å². The van der Waals surface area contributed by atoms with Crippen molar-refractivity contribution in [3.05, 3.63) is 52.0 Å². The Morgan fingerprint density at radius 2 is 2.08 bits per heavy atom. The Labute approximate surface area is 152 Å². The first-order valence-corrected chi connectivity index (χ1v) is 8.49. The molecular formula is C18H24N4O4. The molecule has 1 aromatic heterocycles. The molecule has 1 aromatic carbocycles. The van der Waals surface area contributed by atoms with Crippen molar-refractivity contribution in [1.29, 1.82) is 0 Å². The van der Waals surface area contributed by atoms with E-state index in [0.717, 1.165) is 17.7 Å². The Hall–Kier alpha value is -2.90. The van der Waals surface area contributed by atoms with E-state index in [9.17, 15) is 14.9 Å². The Morgan fingerprint density at radius 1 is 1.35 bits per heavy atom. The molecule has 26 heavy (non-hydrogen) atoms. The fourth-order valence-corrected chi connectivity index (χ4v) is 2.54. The van der Waals surface area contributed by atoms with Gasteiger partial charge in [-0.3, -0.25) is 4.79 Å². The summed E-state index contributed by atoms with van der Waals surface area (Å²) in [4.78, 5) is 27.9. The van der Waals surface area contributed by atoms with Gasteiger partial charge in [0.2, 0.25) is 11.7 Å². The van der Waals surface area contributed by atoms with Crippen molar-refractivity contribution in [2.75, 3.05) is 20.2 Å². The number of carbonyl (C=O) groups is 1. The zero-order chi connectivity index (χ0) is 19.1. The van der Waals surface area contributed by atoms with Crippen molar-refractivity contribution in [3.63, 3.8) is 0 Å². The maximum atomic E-state index is 12.2. The molecule has 0 fully saturated rings. The number of hydrogen-bond acceptors (Lipinski definition) is 5. The third-order valence-electron chi connectivity index (χ3n) is 4.13. The number of nitro groups is 1. The summed E-state index contributed by atoms with van der Waals surface area (Å²) in [6.45, 7) is 5.18. The van der Waals surface area contributed by atoms with Gasteiger partial charge in [0, 0.05) is 33.5 Å². The zero-order valence-electron chi connectivity index (χ0n) is 15.3.